The molecule has 0 unspecified atom stereocenters. The number of rotatable bonds is 4. The maximum Gasteiger partial charge on any atom is 0.125 e. The van der Waals surface area contributed by atoms with E-state index in [4.69, 9.17) is 0 Å². The summed E-state index contributed by atoms with van der Waals surface area (Å²) in [5, 5.41) is 0. The molecule has 1 aliphatic rings. The predicted octanol–water partition coefficient (Wildman–Crippen LogP) is 4.53. The highest BCUT2D eigenvalue weighted by atomic mass is 32.1. The highest BCUT2D eigenvalue weighted by Gasteiger charge is 2.31. The van der Waals surface area contributed by atoms with Crippen LogP contribution in [0.2, 0.25) is 0 Å². The minimum Gasteiger partial charge on any atom is -0.374 e. The molecular formula is C16H24FNS. The normalized spacial score (nSPS) is 18.9. The van der Waals surface area contributed by atoms with Gasteiger partial charge in [0.15, 0.2) is 0 Å². The van der Waals surface area contributed by atoms with E-state index in [1.807, 2.05) is 6.07 Å². The number of nitrogens with zero attached hydrogens (tertiary/aromatic N) is 1. The fraction of sp³-hybridized carbons (Fsp3) is 0.625. The molecule has 0 spiro atoms. The molecular weight excluding hydrogens is 257 g/mol. The van der Waals surface area contributed by atoms with E-state index in [2.05, 4.69) is 24.6 Å². The zero-order valence-electron chi connectivity index (χ0n) is 11.7. The van der Waals surface area contributed by atoms with Crippen molar-refractivity contribution < 1.29 is 4.39 Å². The van der Waals surface area contributed by atoms with Crippen LogP contribution in [0.25, 0.3) is 0 Å². The first-order valence-corrected chi connectivity index (χ1v) is 7.86. The largest absolute Gasteiger partial charge is 0.374 e. The Morgan fingerprint density at radius 2 is 1.89 bits per heavy atom. The second kappa shape index (κ2) is 6.65. The molecule has 0 atom stereocenters. The molecule has 0 radical (unpaired) electrons. The Morgan fingerprint density at radius 1 is 1.21 bits per heavy atom. The van der Waals surface area contributed by atoms with Crippen LogP contribution in [0.5, 0.6) is 0 Å². The van der Waals surface area contributed by atoms with E-state index in [-0.39, 0.29) is 5.82 Å². The zero-order valence-corrected chi connectivity index (χ0v) is 12.6. The Bertz CT molecular complexity index is 399. The van der Waals surface area contributed by atoms with E-state index in [1.54, 1.807) is 12.1 Å². The van der Waals surface area contributed by atoms with Crippen LogP contribution in [-0.2, 0) is 0 Å². The summed E-state index contributed by atoms with van der Waals surface area (Å²) in [5.74, 6) is 0.761. The number of benzene rings is 1. The number of hydrogen-bond donors (Lipinski definition) is 1. The molecule has 19 heavy (non-hydrogen) atoms. The third kappa shape index (κ3) is 3.88. The molecule has 3 heteroatoms. The van der Waals surface area contributed by atoms with Crippen LogP contribution in [0.4, 0.5) is 10.1 Å². The lowest BCUT2D eigenvalue weighted by atomic mass is 9.81. The van der Waals surface area contributed by atoms with E-state index in [0.717, 1.165) is 18.0 Å². The summed E-state index contributed by atoms with van der Waals surface area (Å²) in [6.45, 7) is 0.972. The van der Waals surface area contributed by atoms with Gasteiger partial charge in [-0.1, -0.05) is 31.7 Å². The second-order valence-corrected chi connectivity index (χ2v) is 6.22. The lowest BCUT2D eigenvalue weighted by Crippen LogP contribution is -2.37. The first-order chi connectivity index (χ1) is 9.15. The highest BCUT2D eigenvalue weighted by Crippen LogP contribution is 2.37. The van der Waals surface area contributed by atoms with E-state index >= 15 is 0 Å². The van der Waals surface area contributed by atoms with Crippen molar-refractivity contribution in [3.8, 4) is 0 Å². The van der Waals surface area contributed by atoms with Gasteiger partial charge in [0.2, 0.25) is 0 Å². The Hall–Kier alpha value is -0.700. The fourth-order valence-electron chi connectivity index (χ4n) is 3.15. The van der Waals surface area contributed by atoms with Gasteiger partial charge in [0.1, 0.15) is 5.82 Å². The molecule has 2 rings (SSSR count). The van der Waals surface area contributed by atoms with Gasteiger partial charge in [-0.3, -0.25) is 0 Å². The van der Waals surface area contributed by atoms with Gasteiger partial charge < -0.3 is 4.90 Å². The molecule has 1 aliphatic carbocycles. The SMILES string of the molecule is CN(CC1(CS)CCCCCC1)c1cccc(F)c1. The van der Waals surface area contributed by atoms with Gasteiger partial charge in [-0.15, -0.1) is 0 Å². The average molecular weight is 281 g/mol. The minimum absolute atomic E-state index is 0.162. The van der Waals surface area contributed by atoms with Crippen LogP contribution < -0.4 is 4.90 Å². The summed E-state index contributed by atoms with van der Waals surface area (Å²) < 4.78 is 13.3. The maximum atomic E-state index is 13.3. The molecule has 0 aliphatic heterocycles. The molecule has 1 nitrogen and oxygen atoms in total. The molecule has 0 bridgehead atoms. The standard InChI is InChI=1S/C16H24FNS/c1-18(15-8-6-7-14(17)11-15)12-16(13-19)9-4-2-3-5-10-16/h6-8,11,19H,2-5,9-10,12-13H2,1H3. The van der Waals surface area contributed by atoms with Crippen molar-refractivity contribution in [2.45, 2.75) is 38.5 Å². The Balaban J connectivity index is 2.08. The first-order valence-electron chi connectivity index (χ1n) is 7.23. The monoisotopic (exact) mass is 281 g/mol. The molecule has 1 fully saturated rings. The Labute approximate surface area is 121 Å². The summed E-state index contributed by atoms with van der Waals surface area (Å²) in [5.41, 5.74) is 1.26. The Morgan fingerprint density at radius 3 is 2.47 bits per heavy atom. The molecule has 0 N–H and O–H groups in total. The lowest BCUT2D eigenvalue weighted by molar-refractivity contribution is 0.293. The van der Waals surface area contributed by atoms with Gasteiger partial charge in [-0.25, -0.2) is 4.39 Å². The molecule has 0 saturated heterocycles. The first kappa shape index (κ1) is 14.7. The van der Waals surface area contributed by atoms with Gasteiger partial charge in [0.25, 0.3) is 0 Å². The van der Waals surface area contributed by atoms with Crippen LogP contribution in [0.1, 0.15) is 38.5 Å². The van der Waals surface area contributed by atoms with E-state index in [1.165, 1.54) is 44.6 Å². The summed E-state index contributed by atoms with van der Waals surface area (Å²) in [6.07, 6.45) is 7.79. The summed E-state index contributed by atoms with van der Waals surface area (Å²) in [6, 6.07) is 6.87. The van der Waals surface area contributed by atoms with Gasteiger partial charge in [0.05, 0.1) is 0 Å². The molecule has 1 aromatic carbocycles. The molecule has 1 aromatic rings. The van der Waals surface area contributed by atoms with E-state index in [0.29, 0.717) is 5.41 Å². The number of hydrogen-bond acceptors (Lipinski definition) is 2. The summed E-state index contributed by atoms with van der Waals surface area (Å²) in [7, 11) is 2.06. The van der Waals surface area contributed by atoms with Crippen molar-refractivity contribution in [1.82, 2.24) is 0 Å². The highest BCUT2D eigenvalue weighted by molar-refractivity contribution is 7.80. The fourth-order valence-corrected chi connectivity index (χ4v) is 3.57. The van der Waals surface area contributed by atoms with Gasteiger partial charge >= 0.3 is 0 Å². The third-order valence-electron chi connectivity index (χ3n) is 4.32. The van der Waals surface area contributed by atoms with Crippen LogP contribution in [0, 0.1) is 11.2 Å². The predicted molar refractivity (Wildman–Crippen MR) is 83.7 cm³/mol. The lowest BCUT2D eigenvalue weighted by Gasteiger charge is -2.36. The quantitative estimate of drug-likeness (QED) is 0.627. The number of thiol groups is 1. The van der Waals surface area contributed by atoms with Crippen molar-refractivity contribution >= 4 is 18.3 Å². The van der Waals surface area contributed by atoms with Gasteiger partial charge in [-0.2, -0.15) is 12.6 Å². The van der Waals surface area contributed by atoms with Gasteiger partial charge in [0, 0.05) is 19.3 Å². The second-order valence-electron chi connectivity index (χ2n) is 5.91. The summed E-state index contributed by atoms with van der Waals surface area (Å²) in [4.78, 5) is 2.19. The smallest absolute Gasteiger partial charge is 0.125 e. The molecule has 0 aromatic heterocycles. The average Bonchev–Trinajstić information content (AvgIpc) is 2.65. The van der Waals surface area contributed by atoms with E-state index in [9.17, 15) is 4.39 Å². The molecule has 1 saturated carbocycles. The zero-order chi connectivity index (χ0) is 13.7. The van der Waals surface area contributed by atoms with Crippen LogP contribution in [0.3, 0.4) is 0 Å². The van der Waals surface area contributed by atoms with Crippen LogP contribution in [-0.4, -0.2) is 19.3 Å². The molecule has 106 valence electrons. The third-order valence-corrected chi connectivity index (χ3v) is 4.99. The van der Waals surface area contributed by atoms with Crippen molar-refractivity contribution in [1.29, 1.82) is 0 Å². The van der Waals surface area contributed by atoms with Crippen molar-refractivity contribution in [3.63, 3.8) is 0 Å². The van der Waals surface area contributed by atoms with Crippen molar-refractivity contribution in [2.24, 2.45) is 5.41 Å². The maximum absolute atomic E-state index is 13.3. The summed E-state index contributed by atoms with van der Waals surface area (Å²) >= 11 is 4.60. The number of anilines is 1. The van der Waals surface area contributed by atoms with Crippen molar-refractivity contribution in [3.05, 3.63) is 30.1 Å². The molecule has 0 heterocycles. The molecule has 0 amide bonds. The van der Waals surface area contributed by atoms with Crippen LogP contribution >= 0.6 is 12.6 Å². The van der Waals surface area contributed by atoms with E-state index < -0.39 is 0 Å². The Kier molecular flexibility index (Phi) is 5.14. The number of halogens is 1. The van der Waals surface area contributed by atoms with Gasteiger partial charge in [-0.05, 0) is 42.2 Å². The van der Waals surface area contributed by atoms with Crippen molar-refractivity contribution in [2.75, 3.05) is 24.2 Å². The van der Waals surface area contributed by atoms with Crippen LogP contribution in [0.15, 0.2) is 24.3 Å². The topological polar surface area (TPSA) is 3.24 Å². The minimum atomic E-state index is -0.162.